The van der Waals surface area contributed by atoms with Gasteiger partial charge in [-0.1, -0.05) is 12.8 Å². The van der Waals surface area contributed by atoms with Gasteiger partial charge in [0.1, 0.15) is 5.69 Å². The molecule has 0 unspecified atom stereocenters. The number of carbonyl (C=O) groups excluding carboxylic acids is 2. The number of hydrogen-bond acceptors (Lipinski definition) is 2. The van der Waals surface area contributed by atoms with Crippen molar-refractivity contribution in [2.45, 2.75) is 63.6 Å². The highest BCUT2D eigenvalue weighted by Crippen LogP contribution is 2.35. The Bertz CT molecular complexity index is 564. The van der Waals surface area contributed by atoms with E-state index in [1.54, 1.807) is 0 Å². The smallest absolute Gasteiger partial charge is 0.268 e. The van der Waals surface area contributed by atoms with Gasteiger partial charge in [-0.2, -0.15) is 0 Å². The monoisotopic (exact) mass is 289 g/mol. The molecular weight excluding hydrogens is 266 g/mol. The number of carbonyl (C=O) groups is 2. The van der Waals surface area contributed by atoms with E-state index >= 15 is 0 Å². The molecule has 0 spiro atoms. The number of aromatic nitrogens is 1. The second-order valence-electron chi connectivity index (χ2n) is 6.55. The zero-order valence-electron chi connectivity index (χ0n) is 12.7. The highest BCUT2D eigenvalue weighted by molar-refractivity contribution is 5.94. The SMILES string of the molecule is CC(C)n1cccc1C(=O)N[C@@]12CCCC[C@@H]1NC(=O)C2. The third-order valence-corrected chi connectivity index (χ3v) is 4.77. The lowest BCUT2D eigenvalue weighted by Gasteiger charge is -2.38. The maximum Gasteiger partial charge on any atom is 0.268 e. The molecule has 0 radical (unpaired) electrons. The number of amides is 2. The van der Waals surface area contributed by atoms with Gasteiger partial charge in [-0.3, -0.25) is 9.59 Å². The third-order valence-electron chi connectivity index (χ3n) is 4.77. The van der Waals surface area contributed by atoms with Crippen LogP contribution >= 0.6 is 0 Å². The minimum atomic E-state index is -0.390. The Labute approximate surface area is 125 Å². The number of rotatable bonds is 3. The van der Waals surface area contributed by atoms with Gasteiger partial charge in [0.05, 0.1) is 18.0 Å². The van der Waals surface area contributed by atoms with Crippen LogP contribution in [0.1, 0.15) is 62.5 Å². The standard InChI is InChI=1S/C16H23N3O2/c1-11(2)19-9-5-6-12(19)15(21)18-16-8-4-3-7-13(16)17-14(20)10-16/h5-6,9,11,13H,3-4,7-8,10H2,1-2H3,(H,17,20)(H,18,21)/t13-,16+/m0/s1. The molecule has 2 fully saturated rings. The van der Waals surface area contributed by atoms with E-state index in [4.69, 9.17) is 0 Å². The molecule has 0 bridgehead atoms. The molecule has 1 saturated heterocycles. The van der Waals surface area contributed by atoms with E-state index in [0.717, 1.165) is 25.7 Å². The Morgan fingerprint density at radius 3 is 3.05 bits per heavy atom. The molecule has 5 nitrogen and oxygen atoms in total. The van der Waals surface area contributed by atoms with Gasteiger partial charge in [0.25, 0.3) is 5.91 Å². The molecular formula is C16H23N3O2. The summed E-state index contributed by atoms with van der Waals surface area (Å²) in [4.78, 5) is 24.5. The molecule has 1 aliphatic carbocycles. The first kappa shape index (κ1) is 14.2. The summed E-state index contributed by atoms with van der Waals surface area (Å²) in [6.07, 6.45) is 6.35. The number of nitrogens with one attached hydrogen (secondary N) is 2. The number of fused-ring (bicyclic) bond motifs is 1. The van der Waals surface area contributed by atoms with Gasteiger partial charge >= 0.3 is 0 Å². The van der Waals surface area contributed by atoms with Crippen molar-refractivity contribution in [2.24, 2.45) is 0 Å². The van der Waals surface area contributed by atoms with Crippen LogP contribution in [0.25, 0.3) is 0 Å². The van der Waals surface area contributed by atoms with E-state index in [0.29, 0.717) is 12.1 Å². The minimum Gasteiger partial charge on any atom is -0.351 e. The Kier molecular flexibility index (Phi) is 3.51. The maximum absolute atomic E-state index is 12.7. The van der Waals surface area contributed by atoms with Gasteiger partial charge in [-0.05, 0) is 38.8 Å². The highest BCUT2D eigenvalue weighted by Gasteiger charge is 2.49. The quantitative estimate of drug-likeness (QED) is 0.894. The molecule has 2 heterocycles. The van der Waals surface area contributed by atoms with Crippen LogP contribution < -0.4 is 10.6 Å². The van der Waals surface area contributed by atoms with Crippen molar-refractivity contribution in [3.05, 3.63) is 24.0 Å². The average Bonchev–Trinajstić information content (AvgIpc) is 3.01. The van der Waals surface area contributed by atoms with Crippen LogP contribution in [0, 0.1) is 0 Å². The van der Waals surface area contributed by atoms with Crippen LogP contribution in [0.3, 0.4) is 0 Å². The topological polar surface area (TPSA) is 63.1 Å². The molecule has 2 amide bonds. The maximum atomic E-state index is 12.7. The van der Waals surface area contributed by atoms with Crippen LogP contribution in [-0.2, 0) is 4.79 Å². The summed E-state index contributed by atoms with van der Waals surface area (Å²) in [6.45, 7) is 4.11. The zero-order valence-corrected chi connectivity index (χ0v) is 12.7. The summed E-state index contributed by atoms with van der Waals surface area (Å²) in [7, 11) is 0. The van der Waals surface area contributed by atoms with Crippen LogP contribution in [-0.4, -0.2) is 28.0 Å². The lowest BCUT2D eigenvalue weighted by atomic mass is 9.78. The molecule has 2 aliphatic rings. The normalized spacial score (nSPS) is 28.3. The van der Waals surface area contributed by atoms with Crippen LogP contribution in [0.5, 0.6) is 0 Å². The van der Waals surface area contributed by atoms with Gasteiger partial charge < -0.3 is 15.2 Å². The molecule has 5 heteroatoms. The van der Waals surface area contributed by atoms with Crippen molar-refractivity contribution in [3.63, 3.8) is 0 Å². The third kappa shape index (κ3) is 2.45. The van der Waals surface area contributed by atoms with E-state index in [1.807, 2.05) is 22.9 Å². The van der Waals surface area contributed by atoms with E-state index in [-0.39, 0.29) is 23.9 Å². The second-order valence-corrected chi connectivity index (χ2v) is 6.55. The number of hydrogen-bond donors (Lipinski definition) is 2. The highest BCUT2D eigenvalue weighted by atomic mass is 16.2. The molecule has 0 aromatic carbocycles. The van der Waals surface area contributed by atoms with Crippen molar-refractivity contribution in [2.75, 3.05) is 0 Å². The van der Waals surface area contributed by atoms with Gasteiger partial charge in [0.15, 0.2) is 0 Å². The van der Waals surface area contributed by atoms with Crippen molar-refractivity contribution in [1.82, 2.24) is 15.2 Å². The molecule has 21 heavy (non-hydrogen) atoms. The van der Waals surface area contributed by atoms with Crippen LogP contribution in [0.15, 0.2) is 18.3 Å². The first-order valence-electron chi connectivity index (χ1n) is 7.80. The van der Waals surface area contributed by atoms with Crippen molar-refractivity contribution in [1.29, 1.82) is 0 Å². The average molecular weight is 289 g/mol. The predicted molar refractivity (Wildman–Crippen MR) is 80.0 cm³/mol. The van der Waals surface area contributed by atoms with Crippen molar-refractivity contribution >= 4 is 11.8 Å². The molecule has 3 rings (SSSR count). The molecule has 2 atom stereocenters. The van der Waals surface area contributed by atoms with E-state index in [2.05, 4.69) is 24.5 Å². The Balaban J connectivity index is 1.83. The Hall–Kier alpha value is -1.78. The largest absolute Gasteiger partial charge is 0.351 e. The van der Waals surface area contributed by atoms with Crippen LogP contribution in [0.4, 0.5) is 0 Å². The summed E-state index contributed by atoms with van der Waals surface area (Å²) in [6, 6.07) is 4.06. The van der Waals surface area contributed by atoms with Gasteiger partial charge in [0, 0.05) is 12.2 Å². The second kappa shape index (κ2) is 5.20. The lowest BCUT2D eigenvalue weighted by Crippen LogP contribution is -2.57. The molecule has 1 saturated carbocycles. The molecule has 1 aromatic heterocycles. The summed E-state index contributed by atoms with van der Waals surface area (Å²) in [5, 5.41) is 6.20. The Morgan fingerprint density at radius 2 is 2.29 bits per heavy atom. The minimum absolute atomic E-state index is 0.0569. The summed E-state index contributed by atoms with van der Waals surface area (Å²) in [5.74, 6) is -0.0152. The van der Waals surface area contributed by atoms with Crippen molar-refractivity contribution in [3.8, 4) is 0 Å². The number of nitrogens with zero attached hydrogens (tertiary/aromatic N) is 1. The summed E-state index contributed by atoms with van der Waals surface area (Å²) < 4.78 is 1.97. The van der Waals surface area contributed by atoms with Crippen LogP contribution in [0.2, 0.25) is 0 Å². The first-order chi connectivity index (χ1) is 10.0. The summed E-state index contributed by atoms with van der Waals surface area (Å²) in [5.41, 5.74) is 0.279. The molecule has 114 valence electrons. The summed E-state index contributed by atoms with van der Waals surface area (Å²) >= 11 is 0. The van der Waals surface area contributed by atoms with E-state index < -0.39 is 5.54 Å². The van der Waals surface area contributed by atoms with Crippen molar-refractivity contribution < 1.29 is 9.59 Å². The zero-order chi connectivity index (χ0) is 15.0. The molecule has 1 aliphatic heterocycles. The fraction of sp³-hybridized carbons (Fsp3) is 0.625. The van der Waals surface area contributed by atoms with Gasteiger partial charge in [0.2, 0.25) is 5.91 Å². The van der Waals surface area contributed by atoms with Gasteiger partial charge in [-0.15, -0.1) is 0 Å². The fourth-order valence-electron chi connectivity index (χ4n) is 3.71. The van der Waals surface area contributed by atoms with E-state index in [9.17, 15) is 9.59 Å². The lowest BCUT2D eigenvalue weighted by molar-refractivity contribution is -0.119. The molecule has 1 aromatic rings. The fourth-order valence-corrected chi connectivity index (χ4v) is 3.71. The predicted octanol–water partition coefficient (Wildman–Crippen LogP) is 2.00. The Morgan fingerprint density at radius 1 is 1.48 bits per heavy atom. The molecule has 2 N–H and O–H groups in total. The first-order valence-corrected chi connectivity index (χ1v) is 7.80. The van der Waals surface area contributed by atoms with Gasteiger partial charge in [-0.25, -0.2) is 0 Å². The van der Waals surface area contributed by atoms with E-state index in [1.165, 1.54) is 0 Å².